The van der Waals surface area contributed by atoms with Crippen LogP contribution >= 0.6 is 8.01 Å². The van der Waals surface area contributed by atoms with Crippen LogP contribution in [-0.4, -0.2) is 0 Å². The first kappa shape index (κ1) is 30.8. The zero-order chi connectivity index (χ0) is 29.4. The van der Waals surface area contributed by atoms with E-state index in [2.05, 4.69) is 24.3 Å². The molecule has 2 aliphatic rings. The number of fused-ring (bicyclic) bond motifs is 7. The van der Waals surface area contributed by atoms with Crippen molar-refractivity contribution in [2.24, 2.45) is 0 Å². The molecule has 0 saturated heterocycles. The summed E-state index contributed by atoms with van der Waals surface area (Å²) >= 11 is 0. The third-order valence-electron chi connectivity index (χ3n) is 7.46. The summed E-state index contributed by atoms with van der Waals surface area (Å²) in [6, 6.07) is 29.7. The molecule has 8 rings (SSSR count). The van der Waals surface area contributed by atoms with Gasteiger partial charge in [-0.15, -0.1) is 0 Å². The van der Waals surface area contributed by atoms with Gasteiger partial charge in [-0.1, -0.05) is 72.8 Å². The van der Waals surface area contributed by atoms with Crippen LogP contribution in [0.25, 0.3) is 43.5 Å². The molecule has 0 aliphatic heterocycles. The number of halogens is 3. The summed E-state index contributed by atoms with van der Waals surface area (Å²) in [7, 11) is -1.64. The van der Waals surface area contributed by atoms with E-state index in [9.17, 15) is 13.2 Å². The van der Waals surface area contributed by atoms with E-state index < -0.39 is 19.8 Å². The van der Waals surface area contributed by atoms with Gasteiger partial charge in [0, 0.05) is 16.7 Å². The van der Waals surface area contributed by atoms with Crippen molar-refractivity contribution >= 4 is 51.5 Å². The Kier molecular flexibility index (Phi) is 9.15. The van der Waals surface area contributed by atoms with E-state index in [1.165, 1.54) is 12.1 Å². The Morgan fingerprint density at radius 3 is 1.52 bits per heavy atom. The van der Waals surface area contributed by atoms with Gasteiger partial charge in [0.2, 0.25) is 8.01 Å². The van der Waals surface area contributed by atoms with Crippen LogP contribution in [0.15, 0.2) is 105 Å². The Morgan fingerprint density at radius 2 is 1.02 bits per heavy atom. The van der Waals surface area contributed by atoms with Crippen molar-refractivity contribution in [2.75, 3.05) is 0 Å². The van der Waals surface area contributed by atoms with Gasteiger partial charge in [0.25, 0.3) is 0 Å². The van der Waals surface area contributed by atoms with Gasteiger partial charge < -0.3 is 8.39 Å². The zero-order valence-corrected chi connectivity index (χ0v) is 25.1. The molecule has 216 valence electrons. The van der Waals surface area contributed by atoms with Crippen molar-refractivity contribution in [2.45, 2.75) is 6.18 Å². The maximum atomic E-state index is 13.1. The Bertz CT molecular complexity index is 1840. The van der Waals surface area contributed by atoms with Crippen LogP contribution in [0, 0.1) is 62.9 Å². The largest absolute Gasteiger partial charge is 2.00 e. The predicted octanol–water partition coefficient (Wildman–Crippen LogP) is 11.3. The topological polar surface area (TPSA) is 26.3 Å². The molecule has 0 bridgehead atoms. The van der Waals surface area contributed by atoms with Crippen molar-refractivity contribution in [1.29, 1.82) is 0 Å². The van der Waals surface area contributed by atoms with Crippen LogP contribution < -0.4 is 0 Å². The van der Waals surface area contributed by atoms with E-state index in [1.807, 2.05) is 99.9 Å². The van der Waals surface area contributed by atoms with E-state index in [0.29, 0.717) is 16.7 Å². The molecule has 44 heavy (non-hydrogen) atoms. The predicted molar refractivity (Wildman–Crippen MR) is 168 cm³/mol. The monoisotopic (exact) mass is 644 g/mol. The summed E-state index contributed by atoms with van der Waals surface area (Å²) in [6.45, 7) is 0. The van der Waals surface area contributed by atoms with E-state index in [0.717, 1.165) is 56.0 Å². The average Bonchev–Trinajstić information content (AvgIpc) is 3.74. The standard InChI is InChI=1S/C32H19F3O2P.C5H5.Fe/c33-32(34,35)23-16-12-22(13-17-23)24-10-5-11-29(24)38-36-27-18-14-20-6-1-3-8-25(20)30(27)31-26-9-4-2-7-21(26)15-19-28(31)37-38;1-2-4-5-3-1;/h1-19H;1-5H;/q;;+2. The molecular weight excluding hydrogens is 620 g/mol. The van der Waals surface area contributed by atoms with Gasteiger partial charge in [0.05, 0.1) is 5.56 Å². The van der Waals surface area contributed by atoms with Gasteiger partial charge in [0.15, 0.2) is 0 Å². The molecule has 2 saturated carbocycles. The van der Waals surface area contributed by atoms with Crippen molar-refractivity contribution in [3.8, 4) is 0 Å². The molecule has 2 aliphatic carbocycles. The minimum absolute atomic E-state index is 0. The third kappa shape index (κ3) is 6.05. The first-order chi connectivity index (χ1) is 21.0. The van der Waals surface area contributed by atoms with Gasteiger partial charge in [-0.2, -0.15) is 13.2 Å². The second-order valence-corrected chi connectivity index (χ2v) is 11.5. The molecular formula is C37H24F3FeO2P+2. The zero-order valence-electron chi connectivity index (χ0n) is 23.1. The molecule has 0 spiro atoms. The maximum absolute atomic E-state index is 13.1. The molecule has 6 aromatic rings. The minimum Gasteiger partial charge on any atom is -0.419 e. The van der Waals surface area contributed by atoms with Crippen LogP contribution in [0.3, 0.4) is 0 Å². The van der Waals surface area contributed by atoms with Crippen LogP contribution in [0.5, 0.6) is 0 Å². The second-order valence-electron chi connectivity index (χ2n) is 10.1. The van der Waals surface area contributed by atoms with Crippen molar-refractivity contribution in [3.63, 3.8) is 0 Å². The number of hydrogen-bond acceptors (Lipinski definition) is 2. The fourth-order valence-corrected chi connectivity index (χ4v) is 6.94. The SMILES string of the molecule is FC(F)(F)c1ccc([C]2[CH][CH][CH][C]2p2oc3ccc4ccccc4c3c3c(ccc4ccccc43)o2)cc1.[CH]1[CH][CH][CH][CH]1.[Fe+2]. The Morgan fingerprint density at radius 1 is 0.523 bits per heavy atom. The summed E-state index contributed by atoms with van der Waals surface area (Å²) in [5, 5.41) is 6.27. The van der Waals surface area contributed by atoms with Crippen LogP contribution in [0.4, 0.5) is 13.2 Å². The fraction of sp³-hybridized carbons (Fsp3) is 0.0270. The first-order valence-corrected chi connectivity index (χ1v) is 14.9. The molecule has 5 aromatic carbocycles. The second kappa shape index (κ2) is 13.1. The summed E-state index contributed by atoms with van der Waals surface area (Å²) in [5.41, 5.74) is 2.23. The Labute approximate surface area is 266 Å². The third-order valence-corrected chi connectivity index (χ3v) is 8.97. The van der Waals surface area contributed by atoms with Crippen molar-refractivity contribution in [1.82, 2.24) is 0 Å². The van der Waals surface area contributed by atoms with E-state index >= 15 is 0 Å². The number of alkyl halides is 3. The number of rotatable bonds is 2. The molecule has 0 amide bonds. The fourth-order valence-electron chi connectivity index (χ4n) is 5.44. The smallest absolute Gasteiger partial charge is 0.419 e. The summed E-state index contributed by atoms with van der Waals surface area (Å²) in [6.07, 6.45) is 11.3. The average molecular weight is 644 g/mol. The molecule has 10 radical (unpaired) electrons. The van der Waals surface area contributed by atoms with Gasteiger partial charge in [-0.3, -0.25) is 0 Å². The van der Waals surface area contributed by atoms with Gasteiger partial charge >= 0.3 is 23.2 Å². The molecule has 2 fully saturated rings. The van der Waals surface area contributed by atoms with E-state index in [-0.39, 0.29) is 17.1 Å². The van der Waals surface area contributed by atoms with Gasteiger partial charge in [-0.05, 0) is 103 Å². The van der Waals surface area contributed by atoms with E-state index in [4.69, 9.17) is 8.39 Å². The molecule has 0 N–H and O–H groups in total. The molecule has 2 nitrogen and oxygen atoms in total. The molecule has 0 atom stereocenters. The Balaban J connectivity index is 0.000000522. The summed E-state index contributed by atoms with van der Waals surface area (Å²) in [5.74, 6) is 0.788. The molecule has 1 aromatic heterocycles. The normalized spacial score (nSPS) is 15.9. The van der Waals surface area contributed by atoms with Crippen molar-refractivity contribution < 1.29 is 38.6 Å². The van der Waals surface area contributed by atoms with Gasteiger partial charge in [-0.25, -0.2) is 0 Å². The number of benzene rings is 5. The van der Waals surface area contributed by atoms with Crippen LogP contribution in [-0.2, 0) is 23.2 Å². The molecule has 1 heterocycles. The minimum atomic E-state index is -4.38. The van der Waals surface area contributed by atoms with Gasteiger partial charge in [0.1, 0.15) is 16.8 Å². The maximum Gasteiger partial charge on any atom is 2.00 e. The molecule has 7 heteroatoms. The summed E-state index contributed by atoms with van der Waals surface area (Å²) < 4.78 is 52.7. The summed E-state index contributed by atoms with van der Waals surface area (Å²) in [4.78, 5) is 0. The first-order valence-electron chi connectivity index (χ1n) is 13.8. The quantitative estimate of drug-likeness (QED) is 0.175. The number of hydrogen-bond donors (Lipinski definition) is 0. The van der Waals surface area contributed by atoms with Crippen LogP contribution in [0.1, 0.15) is 11.1 Å². The van der Waals surface area contributed by atoms with Crippen LogP contribution in [0.2, 0.25) is 0 Å². The Hall–Kier alpha value is -3.17. The molecule has 0 unspecified atom stereocenters. The van der Waals surface area contributed by atoms with E-state index in [1.54, 1.807) is 0 Å². The van der Waals surface area contributed by atoms with Crippen molar-refractivity contribution in [3.05, 3.63) is 171 Å².